The van der Waals surface area contributed by atoms with Crippen molar-refractivity contribution < 1.29 is 13.9 Å². The van der Waals surface area contributed by atoms with E-state index in [1.807, 2.05) is 15.5 Å². The van der Waals surface area contributed by atoms with Gasteiger partial charge in [0.1, 0.15) is 11.5 Å². The van der Waals surface area contributed by atoms with E-state index in [4.69, 9.17) is 4.74 Å². The Hall–Kier alpha value is -2.18. The Bertz CT molecular complexity index is 944. The molecule has 182 valence electrons. The van der Waals surface area contributed by atoms with Crippen LogP contribution in [-0.2, 0) is 11.3 Å². The highest BCUT2D eigenvalue weighted by Gasteiger charge is 2.32. The summed E-state index contributed by atoms with van der Waals surface area (Å²) in [7, 11) is 1.70. The van der Waals surface area contributed by atoms with Gasteiger partial charge in [-0.05, 0) is 70.7 Å². The number of benzene rings is 1. The number of nitrogens with one attached hydrogen (secondary N) is 1. The summed E-state index contributed by atoms with van der Waals surface area (Å²) in [6.45, 7) is 9.46. The molecular formula is C27H40FN3O2. The van der Waals surface area contributed by atoms with E-state index < -0.39 is 0 Å². The number of aromatic nitrogens is 1. The van der Waals surface area contributed by atoms with Crippen molar-refractivity contribution in [2.75, 3.05) is 26.8 Å². The number of piperidine rings is 1. The summed E-state index contributed by atoms with van der Waals surface area (Å²) in [6, 6.07) is 5.12. The van der Waals surface area contributed by atoms with Crippen LogP contribution in [-0.4, -0.2) is 54.3 Å². The second-order valence-electron chi connectivity index (χ2n) is 9.27. The third-order valence-corrected chi connectivity index (χ3v) is 6.44. The van der Waals surface area contributed by atoms with Crippen molar-refractivity contribution in [2.24, 2.45) is 0 Å². The van der Waals surface area contributed by atoms with Gasteiger partial charge in [0, 0.05) is 49.8 Å². The summed E-state index contributed by atoms with van der Waals surface area (Å²) in [5.74, 6) is -0.239. The smallest absolute Gasteiger partial charge is 0.271 e. The van der Waals surface area contributed by atoms with Gasteiger partial charge in [-0.3, -0.25) is 4.79 Å². The van der Waals surface area contributed by atoms with E-state index in [0.29, 0.717) is 18.8 Å². The van der Waals surface area contributed by atoms with Crippen LogP contribution in [0, 0.1) is 5.82 Å². The molecule has 1 aliphatic heterocycles. The van der Waals surface area contributed by atoms with Gasteiger partial charge in [-0.15, -0.1) is 0 Å². The standard InChI is InChI=1S/C27H40FN3O2/c1-5-6-7-12-24-23-14-13-21(28)18-25(23)30(16-8-9-17-33-4)26(24)27(32)31(20(2)3)22-11-10-15-29-19-22/h7,12-14,18,20,22,29H,5-6,8-11,15-17,19H2,1-4H3/b12-7+/t22-/m1/s1. The highest BCUT2D eigenvalue weighted by atomic mass is 19.1. The van der Waals surface area contributed by atoms with Crippen LogP contribution in [0.4, 0.5) is 4.39 Å². The lowest BCUT2D eigenvalue weighted by Crippen LogP contribution is -2.52. The zero-order valence-corrected chi connectivity index (χ0v) is 20.7. The predicted octanol–water partition coefficient (Wildman–Crippen LogP) is 5.62. The van der Waals surface area contributed by atoms with Gasteiger partial charge in [-0.1, -0.05) is 25.5 Å². The van der Waals surface area contributed by atoms with Crippen LogP contribution >= 0.6 is 0 Å². The maximum atomic E-state index is 14.3. The number of carbonyl (C=O) groups is 1. The summed E-state index contributed by atoms with van der Waals surface area (Å²) >= 11 is 0. The largest absolute Gasteiger partial charge is 0.385 e. The maximum absolute atomic E-state index is 14.3. The van der Waals surface area contributed by atoms with Crippen LogP contribution in [0.3, 0.4) is 0 Å². The Morgan fingerprint density at radius 2 is 2.18 bits per heavy atom. The van der Waals surface area contributed by atoms with Crippen molar-refractivity contribution in [1.29, 1.82) is 0 Å². The van der Waals surface area contributed by atoms with Gasteiger partial charge in [0.2, 0.25) is 0 Å². The number of halogens is 1. The molecule has 1 atom stereocenters. The number of hydrogen-bond acceptors (Lipinski definition) is 3. The minimum absolute atomic E-state index is 0.0400. The quantitative estimate of drug-likeness (QED) is 0.445. The molecule has 3 rings (SSSR count). The van der Waals surface area contributed by atoms with E-state index in [-0.39, 0.29) is 23.8 Å². The van der Waals surface area contributed by atoms with Crippen LogP contribution in [0.2, 0.25) is 0 Å². The summed E-state index contributed by atoms with van der Waals surface area (Å²) in [4.78, 5) is 16.3. The minimum atomic E-state index is -0.279. The molecule has 6 heteroatoms. The second-order valence-corrected chi connectivity index (χ2v) is 9.27. The van der Waals surface area contributed by atoms with Gasteiger partial charge in [-0.25, -0.2) is 4.39 Å². The van der Waals surface area contributed by atoms with E-state index in [1.54, 1.807) is 13.2 Å². The number of unbranched alkanes of at least 4 members (excludes halogenated alkanes) is 2. The zero-order chi connectivity index (χ0) is 23.8. The number of amides is 1. The Balaban J connectivity index is 2.14. The number of allylic oxidation sites excluding steroid dienone is 1. The Morgan fingerprint density at radius 1 is 1.36 bits per heavy atom. The number of methoxy groups -OCH3 is 1. The predicted molar refractivity (Wildman–Crippen MR) is 134 cm³/mol. The topological polar surface area (TPSA) is 46.5 Å². The molecule has 1 aliphatic rings. The molecular weight excluding hydrogens is 417 g/mol. The second kappa shape index (κ2) is 12.3. The molecule has 0 spiro atoms. The Morgan fingerprint density at radius 3 is 2.85 bits per heavy atom. The van der Waals surface area contributed by atoms with Gasteiger partial charge in [0.25, 0.3) is 5.91 Å². The fourth-order valence-electron chi connectivity index (χ4n) is 4.88. The van der Waals surface area contributed by atoms with Gasteiger partial charge in [0.05, 0.1) is 5.52 Å². The van der Waals surface area contributed by atoms with Crippen molar-refractivity contribution in [2.45, 2.75) is 77.9 Å². The van der Waals surface area contributed by atoms with E-state index in [0.717, 1.165) is 68.1 Å². The minimum Gasteiger partial charge on any atom is -0.385 e. The molecule has 2 heterocycles. The summed E-state index contributed by atoms with van der Waals surface area (Å²) in [5.41, 5.74) is 2.38. The Labute approximate surface area is 198 Å². The number of fused-ring (bicyclic) bond motifs is 1. The summed E-state index contributed by atoms with van der Waals surface area (Å²) in [6.07, 6.45) is 9.99. The lowest BCUT2D eigenvalue weighted by molar-refractivity contribution is 0.0562. The van der Waals surface area contributed by atoms with Crippen molar-refractivity contribution in [3.63, 3.8) is 0 Å². The van der Waals surface area contributed by atoms with E-state index in [1.165, 1.54) is 6.07 Å². The molecule has 0 radical (unpaired) electrons. The number of ether oxygens (including phenoxy) is 1. The number of carbonyl (C=O) groups excluding carboxylic acids is 1. The summed E-state index contributed by atoms with van der Waals surface area (Å²) in [5, 5.41) is 4.39. The SMILES string of the molecule is CCC/C=C/c1c(C(=O)N(C(C)C)[C@@H]2CCCNC2)n(CCCCOC)c2cc(F)ccc12. The molecule has 1 aromatic heterocycles. The number of nitrogens with zero attached hydrogens (tertiary/aromatic N) is 2. The molecule has 1 fully saturated rings. The number of aryl methyl sites for hydroxylation is 1. The van der Waals surface area contributed by atoms with Gasteiger partial charge in [0.15, 0.2) is 0 Å². The van der Waals surface area contributed by atoms with Crippen molar-refractivity contribution in [1.82, 2.24) is 14.8 Å². The van der Waals surface area contributed by atoms with Crippen LogP contribution in [0.5, 0.6) is 0 Å². The van der Waals surface area contributed by atoms with Crippen LogP contribution in [0.25, 0.3) is 17.0 Å². The molecule has 1 amide bonds. The third-order valence-electron chi connectivity index (χ3n) is 6.44. The summed E-state index contributed by atoms with van der Waals surface area (Å²) < 4.78 is 21.6. The maximum Gasteiger partial charge on any atom is 0.271 e. The first-order valence-corrected chi connectivity index (χ1v) is 12.5. The van der Waals surface area contributed by atoms with Crippen molar-refractivity contribution in [3.05, 3.63) is 41.3 Å². The van der Waals surface area contributed by atoms with Gasteiger partial charge < -0.3 is 19.5 Å². The molecule has 0 aliphatic carbocycles. The fraction of sp³-hybridized carbons (Fsp3) is 0.593. The van der Waals surface area contributed by atoms with Crippen LogP contribution < -0.4 is 5.32 Å². The molecule has 33 heavy (non-hydrogen) atoms. The molecule has 0 saturated carbocycles. The number of hydrogen-bond donors (Lipinski definition) is 1. The van der Waals surface area contributed by atoms with Gasteiger partial charge in [-0.2, -0.15) is 0 Å². The Kier molecular flexibility index (Phi) is 9.51. The first-order valence-electron chi connectivity index (χ1n) is 12.5. The van der Waals surface area contributed by atoms with E-state index >= 15 is 0 Å². The van der Waals surface area contributed by atoms with Crippen LogP contribution in [0.1, 0.15) is 75.3 Å². The third kappa shape index (κ3) is 6.04. The monoisotopic (exact) mass is 457 g/mol. The van der Waals surface area contributed by atoms with Crippen molar-refractivity contribution >= 4 is 22.9 Å². The highest BCUT2D eigenvalue weighted by Crippen LogP contribution is 2.31. The molecule has 5 nitrogen and oxygen atoms in total. The average Bonchev–Trinajstić information content (AvgIpc) is 3.10. The fourth-order valence-corrected chi connectivity index (χ4v) is 4.88. The molecule has 0 bridgehead atoms. The normalized spacial score (nSPS) is 16.8. The van der Waals surface area contributed by atoms with E-state index in [2.05, 4.69) is 38.2 Å². The lowest BCUT2D eigenvalue weighted by Gasteiger charge is -2.38. The zero-order valence-electron chi connectivity index (χ0n) is 20.7. The molecule has 1 saturated heterocycles. The lowest BCUT2D eigenvalue weighted by atomic mass is 10.0. The van der Waals surface area contributed by atoms with E-state index in [9.17, 15) is 9.18 Å². The molecule has 0 unspecified atom stereocenters. The number of rotatable bonds is 11. The molecule has 1 aromatic carbocycles. The average molecular weight is 458 g/mol. The highest BCUT2D eigenvalue weighted by molar-refractivity contribution is 6.05. The van der Waals surface area contributed by atoms with Gasteiger partial charge >= 0.3 is 0 Å². The first kappa shape index (κ1) is 25.4. The molecule has 1 N–H and O–H groups in total. The molecule has 2 aromatic rings. The van der Waals surface area contributed by atoms with Crippen LogP contribution in [0.15, 0.2) is 24.3 Å². The van der Waals surface area contributed by atoms with Crippen molar-refractivity contribution in [3.8, 4) is 0 Å². The first-order chi connectivity index (χ1) is 16.0.